The third kappa shape index (κ3) is 4.23. The number of piperidine rings is 1. The average Bonchev–Trinajstić information content (AvgIpc) is 2.90. The molecule has 2 N–H and O–H groups in total. The van der Waals surface area contributed by atoms with Crippen LogP contribution in [0.4, 0.5) is 5.69 Å². The number of aliphatic hydroxyl groups is 1. The SMILES string of the molecule is CN1CCCCC1COc1ccc(NC2=CC(=O)N(CCO)C2=O)cc1. The predicted octanol–water partition coefficient (Wildman–Crippen LogP) is 1.21. The molecule has 3 rings (SSSR count). The van der Waals surface area contributed by atoms with Gasteiger partial charge in [-0.3, -0.25) is 14.5 Å². The predicted molar refractivity (Wildman–Crippen MR) is 97.7 cm³/mol. The van der Waals surface area contributed by atoms with Gasteiger partial charge in [-0.1, -0.05) is 6.42 Å². The van der Waals surface area contributed by atoms with Crippen LogP contribution >= 0.6 is 0 Å². The van der Waals surface area contributed by atoms with Crippen molar-refractivity contribution in [1.29, 1.82) is 0 Å². The Balaban J connectivity index is 1.54. The standard InChI is InChI=1S/C19H25N3O4/c1-21-9-3-2-4-15(21)13-26-16-7-5-14(6-8-16)20-17-12-18(24)22(10-11-23)19(17)25/h5-8,12,15,20,23H,2-4,9-11,13H2,1H3. The van der Waals surface area contributed by atoms with Crippen LogP contribution in [-0.4, -0.2) is 66.1 Å². The minimum Gasteiger partial charge on any atom is -0.492 e. The first kappa shape index (κ1) is 18.4. The van der Waals surface area contributed by atoms with E-state index in [9.17, 15) is 9.59 Å². The number of aliphatic hydroxyl groups excluding tert-OH is 1. The lowest BCUT2D eigenvalue weighted by atomic mass is 10.0. The number of rotatable bonds is 7. The van der Waals surface area contributed by atoms with Gasteiger partial charge in [0.05, 0.1) is 13.2 Å². The average molecular weight is 359 g/mol. The molecule has 1 saturated heterocycles. The maximum atomic E-state index is 12.1. The molecular formula is C19H25N3O4. The van der Waals surface area contributed by atoms with Crippen molar-refractivity contribution in [3.8, 4) is 5.75 Å². The monoisotopic (exact) mass is 359 g/mol. The summed E-state index contributed by atoms with van der Waals surface area (Å²) < 4.78 is 5.89. The first-order chi connectivity index (χ1) is 12.6. The van der Waals surface area contributed by atoms with Crippen LogP contribution in [-0.2, 0) is 9.59 Å². The Kier molecular flexibility index (Phi) is 5.90. The number of ether oxygens (including phenoxy) is 1. The molecule has 0 saturated carbocycles. The zero-order valence-electron chi connectivity index (χ0n) is 15.0. The zero-order chi connectivity index (χ0) is 18.5. The summed E-state index contributed by atoms with van der Waals surface area (Å²) in [5.41, 5.74) is 0.909. The van der Waals surface area contributed by atoms with E-state index >= 15 is 0 Å². The van der Waals surface area contributed by atoms with Crippen LogP contribution in [0.15, 0.2) is 36.0 Å². The highest BCUT2D eigenvalue weighted by Gasteiger charge is 2.30. The fourth-order valence-corrected chi connectivity index (χ4v) is 3.25. The number of benzene rings is 1. The maximum Gasteiger partial charge on any atom is 0.277 e. The van der Waals surface area contributed by atoms with Crippen molar-refractivity contribution in [3.05, 3.63) is 36.0 Å². The molecule has 2 aliphatic rings. The fourth-order valence-electron chi connectivity index (χ4n) is 3.25. The molecule has 0 spiro atoms. The number of nitrogens with one attached hydrogen (secondary N) is 1. The summed E-state index contributed by atoms with van der Waals surface area (Å²) in [5.74, 6) is -0.0629. The summed E-state index contributed by atoms with van der Waals surface area (Å²) in [7, 11) is 2.13. The number of β-amino-alcohol motifs (C(OH)–C–C–N with tert-alkyl or cyclic N) is 1. The minimum absolute atomic E-state index is 0.00172. The minimum atomic E-state index is -0.426. The van der Waals surface area contributed by atoms with E-state index in [0.717, 1.165) is 23.6 Å². The first-order valence-corrected chi connectivity index (χ1v) is 8.97. The van der Waals surface area contributed by atoms with Gasteiger partial charge in [-0.25, -0.2) is 0 Å². The lowest BCUT2D eigenvalue weighted by Gasteiger charge is -2.32. The fraction of sp³-hybridized carbons (Fsp3) is 0.474. The highest BCUT2D eigenvalue weighted by atomic mass is 16.5. The van der Waals surface area contributed by atoms with E-state index in [2.05, 4.69) is 17.3 Å². The van der Waals surface area contributed by atoms with E-state index in [-0.39, 0.29) is 18.8 Å². The van der Waals surface area contributed by atoms with Gasteiger partial charge in [0.2, 0.25) is 0 Å². The van der Waals surface area contributed by atoms with E-state index in [1.165, 1.54) is 18.9 Å². The van der Waals surface area contributed by atoms with Crippen molar-refractivity contribution in [3.63, 3.8) is 0 Å². The number of hydrogen-bond acceptors (Lipinski definition) is 6. The van der Waals surface area contributed by atoms with Crippen molar-refractivity contribution in [2.75, 3.05) is 38.7 Å². The second kappa shape index (κ2) is 8.33. The number of carbonyl (C=O) groups is 2. The van der Waals surface area contributed by atoms with Crippen LogP contribution in [0.2, 0.25) is 0 Å². The molecule has 0 radical (unpaired) electrons. The number of anilines is 1. The van der Waals surface area contributed by atoms with Crippen molar-refractivity contribution < 1.29 is 19.4 Å². The molecule has 7 heteroatoms. The molecule has 0 bridgehead atoms. The normalized spacial score (nSPS) is 21.1. The summed E-state index contributed by atoms with van der Waals surface area (Å²) in [6, 6.07) is 7.77. The molecule has 2 heterocycles. The number of likely N-dealkylation sites (N-methyl/N-ethyl adjacent to an activating group) is 1. The summed E-state index contributed by atoms with van der Waals surface area (Å²) in [6.45, 7) is 1.53. The molecule has 1 aromatic rings. The Hall–Kier alpha value is -2.38. The van der Waals surface area contributed by atoms with Crippen molar-refractivity contribution in [2.45, 2.75) is 25.3 Å². The molecule has 2 amide bonds. The molecular weight excluding hydrogens is 334 g/mol. The van der Waals surface area contributed by atoms with Crippen LogP contribution < -0.4 is 10.1 Å². The largest absolute Gasteiger partial charge is 0.492 e. The Labute approximate surface area is 153 Å². The van der Waals surface area contributed by atoms with Gasteiger partial charge in [-0.2, -0.15) is 0 Å². The van der Waals surface area contributed by atoms with Crippen LogP contribution in [0.1, 0.15) is 19.3 Å². The second-order valence-electron chi connectivity index (χ2n) is 6.67. The first-order valence-electron chi connectivity index (χ1n) is 8.97. The molecule has 1 atom stereocenters. The number of imide groups is 1. The Bertz CT molecular complexity index is 687. The quantitative estimate of drug-likeness (QED) is 0.712. The molecule has 140 valence electrons. The van der Waals surface area contributed by atoms with Crippen LogP contribution in [0.3, 0.4) is 0 Å². The van der Waals surface area contributed by atoms with Crippen LogP contribution in [0.5, 0.6) is 5.75 Å². The Morgan fingerprint density at radius 1 is 1.23 bits per heavy atom. The van der Waals surface area contributed by atoms with Gasteiger partial charge >= 0.3 is 0 Å². The Morgan fingerprint density at radius 3 is 2.69 bits per heavy atom. The molecule has 7 nitrogen and oxygen atoms in total. The Morgan fingerprint density at radius 2 is 2.00 bits per heavy atom. The third-order valence-electron chi connectivity index (χ3n) is 4.83. The van der Waals surface area contributed by atoms with Gasteiger partial charge in [-0.05, 0) is 50.7 Å². The molecule has 0 aliphatic carbocycles. The van der Waals surface area contributed by atoms with Gasteiger partial charge < -0.3 is 20.1 Å². The third-order valence-corrected chi connectivity index (χ3v) is 4.83. The van der Waals surface area contributed by atoms with Gasteiger partial charge in [0.1, 0.15) is 18.1 Å². The highest BCUT2D eigenvalue weighted by Crippen LogP contribution is 2.21. The van der Waals surface area contributed by atoms with E-state index in [4.69, 9.17) is 9.84 Å². The molecule has 1 aromatic carbocycles. The number of carbonyl (C=O) groups excluding carboxylic acids is 2. The molecule has 0 aromatic heterocycles. The lowest BCUT2D eigenvalue weighted by Crippen LogP contribution is -2.40. The van der Waals surface area contributed by atoms with Crippen LogP contribution in [0.25, 0.3) is 0 Å². The smallest absolute Gasteiger partial charge is 0.277 e. The zero-order valence-corrected chi connectivity index (χ0v) is 15.0. The lowest BCUT2D eigenvalue weighted by molar-refractivity contribution is -0.137. The number of hydrogen-bond donors (Lipinski definition) is 2. The van der Waals surface area contributed by atoms with Gasteiger partial charge in [0, 0.05) is 17.8 Å². The van der Waals surface area contributed by atoms with Crippen molar-refractivity contribution >= 4 is 17.5 Å². The number of nitrogens with zero attached hydrogens (tertiary/aromatic N) is 2. The summed E-state index contributed by atoms with van der Waals surface area (Å²) in [4.78, 5) is 27.2. The van der Waals surface area contributed by atoms with Crippen LogP contribution in [0, 0.1) is 0 Å². The molecule has 26 heavy (non-hydrogen) atoms. The number of likely N-dealkylation sites (tertiary alicyclic amines) is 1. The molecule has 1 fully saturated rings. The maximum absolute atomic E-state index is 12.1. The number of amides is 2. The molecule has 1 unspecified atom stereocenters. The van der Waals surface area contributed by atoms with Crippen molar-refractivity contribution in [2.24, 2.45) is 0 Å². The van der Waals surface area contributed by atoms with E-state index in [1.54, 1.807) is 0 Å². The van der Waals surface area contributed by atoms with E-state index < -0.39 is 11.8 Å². The van der Waals surface area contributed by atoms with Gasteiger partial charge in [-0.15, -0.1) is 0 Å². The van der Waals surface area contributed by atoms with Gasteiger partial charge in [0.15, 0.2) is 0 Å². The highest BCUT2D eigenvalue weighted by molar-refractivity contribution is 6.17. The van der Waals surface area contributed by atoms with E-state index in [0.29, 0.717) is 18.3 Å². The summed E-state index contributed by atoms with van der Waals surface area (Å²) in [5, 5.41) is 11.9. The van der Waals surface area contributed by atoms with Crippen molar-refractivity contribution in [1.82, 2.24) is 9.80 Å². The van der Waals surface area contributed by atoms with E-state index in [1.807, 2.05) is 24.3 Å². The molecule has 2 aliphatic heterocycles. The topological polar surface area (TPSA) is 82.1 Å². The summed E-state index contributed by atoms with van der Waals surface area (Å²) >= 11 is 0. The second-order valence-corrected chi connectivity index (χ2v) is 6.67. The summed E-state index contributed by atoms with van der Waals surface area (Å²) in [6.07, 6.45) is 4.91. The van der Waals surface area contributed by atoms with Gasteiger partial charge in [0.25, 0.3) is 11.8 Å².